The maximum atomic E-state index is 13.2. The van der Waals surface area contributed by atoms with E-state index in [0.717, 1.165) is 40.8 Å². The van der Waals surface area contributed by atoms with Crippen molar-refractivity contribution in [2.75, 3.05) is 0 Å². The van der Waals surface area contributed by atoms with Gasteiger partial charge < -0.3 is 0 Å². The highest BCUT2D eigenvalue weighted by molar-refractivity contribution is 5.81. The highest BCUT2D eigenvalue weighted by Gasteiger charge is 2.17. The molecule has 0 aliphatic heterocycles. The lowest BCUT2D eigenvalue weighted by Gasteiger charge is -2.18. The summed E-state index contributed by atoms with van der Waals surface area (Å²) in [7, 11) is 0. The average Bonchev–Trinajstić information content (AvgIpc) is 3.06. The summed E-state index contributed by atoms with van der Waals surface area (Å²) in [4.78, 5) is 34.3. The first kappa shape index (κ1) is 19.4. The molecule has 1 fully saturated rings. The minimum Gasteiger partial charge on any atom is -0.274 e. The number of fused-ring (bicyclic) bond motifs is 1. The summed E-state index contributed by atoms with van der Waals surface area (Å²) >= 11 is 0. The van der Waals surface area contributed by atoms with Gasteiger partial charge >= 0.3 is 0 Å². The molecular weight excluding hydrogens is 366 g/mol. The molecule has 1 saturated carbocycles. The van der Waals surface area contributed by atoms with Gasteiger partial charge in [-0.2, -0.15) is 0 Å². The normalized spacial score (nSPS) is 15.9. The minimum atomic E-state index is -0.204. The predicted octanol–water partition coefficient (Wildman–Crippen LogP) is 2.87. The SMILES string of the molecule is Cc1ccn(C(=O)Cc2c(C)nc3cc(=O)[nH]n3c2C)c(=NC2CCCCC2)c1. The molecule has 7 nitrogen and oxygen atoms in total. The number of hydrogen-bond acceptors (Lipinski definition) is 4. The summed E-state index contributed by atoms with van der Waals surface area (Å²) in [6, 6.07) is 5.66. The molecule has 0 amide bonds. The molecule has 3 aromatic heterocycles. The van der Waals surface area contributed by atoms with Gasteiger partial charge in [0.1, 0.15) is 5.49 Å². The Hall–Kier alpha value is -2.96. The van der Waals surface area contributed by atoms with Gasteiger partial charge in [0, 0.05) is 29.2 Å². The van der Waals surface area contributed by atoms with Crippen LogP contribution in [0, 0.1) is 20.8 Å². The monoisotopic (exact) mass is 393 g/mol. The molecule has 3 heterocycles. The van der Waals surface area contributed by atoms with Crippen molar-refractivity contribution < 1.29 is 4.79 Å². The summed E-state index contributed by atoms with van der Waals surface area (Å²) in [5.74, 6) is -0.0542. The van der Waals surface area contributed by atoms with E-state index in [1.807, 2.05) is 39.1 Å². The summed E-state index contributed by atoms with van der Waals surface area (Å²) in [6.07, 6.45) is 7.85. The number of carbonyl (C=O) groups excluding carboxylic acids is 1. The molecule has 3 aromatic rings. The number of carbonyl (C=O) groups is 1. The second-order valence-electron chi connectivity index (χ2n) is 8.00. The van der Waals surface area contributed by atoms with Crippen molar-refractivity contribution in [3.8, 4) is 0 Å². The Bertz CT molecular complexity index is 1190. The Labute approximate surface area is 169 Å². The first-order valence-corrected chi connectivity index (χ1v) is 10.3. The molecule has 0 aromatic carbocycles. The maximum absolute atomic E-state index is 13.2. The van der Waals surface area contributed by atoms with Gasteiger partial charge in [0.2, 0.25) is 5.91 Å². The Balaban J connectivity index is 1.72. The molecule has 29 heavy (non-hydrogen) atoms. The predicted molar refractivity (Wildman–Crippen MR) is 111 cm³/mol. The first-order chi connectivity index (χ1) is 13.9. The Morgan fingerprint density at radius 2 is 1.97 bits per heavy atom. The third-order valence-corrected chi connectivity index (χ3v) is 5.78. The van der Waals surface area contributed by atoms with Crippen molar-refractivity contribution in [3.63, 3.8) is 0 Å². The van der Waals surface area contributed by atoms with Crippen molar-refractivity contribution in [2.24, 2.45) is 4.99 Å². The Morgan fingerprint density at radius 3 is 2.72 bits per heavy atom. The fourth-order valence-corrected chi connectivity index (χ4v) is 4.15. The van der Waals surface area contributed by atoms with E-state index in [-0.39, 0.29) is 23.9 Å². The van der Waals surface area contributed by atoms with E-state index in [1.54, 1.807) is 9.08 Å². The topological polar surface area (TPSA) is 84.5 Å². The first-order valence-electron chi connectivity index (χ1n) is 10.3. The summed E-state index contributed by atoms with van der Waals surface area (Å²) in [6.45, 7) is 5.79. The van der Waals surface area contributed by atoms with E-state index in [4.69, 9.17) is 4.99 Å². The highest BCUT2D eigenvalue weighted by atomic mass is 16.2. The van der Waals surface area contributed by atoms with Crippen LogP contribution in [0.15, 0.2) is 34.2 Å². The molecule has 0 saturated heterocycles. The van der Waals surface area contributed by atoms with Crippen LogP contribution in [0.25, 0.3) is 5.65 Å². The van der Waals surface area contributed by atoms with E-state index in [2.05, 4.69) is 10.1 Å². The van der Waals surface area contributed by atoms with Crippen molar-refractivity contribution in [2.45, 2.75) is 65.3 Å². The Kier molecular flexibility index (Phi) is 5.22. The second kappa shape index (κ2) is 7.81. The van der Waals surface area contributed by atoms with E-state index in [0.29, 0.717) is 5.65 Å². The number of pyridine rings is 1. The van der Waals surface area contributed by atoms with Crippen molar-refractivity contribution >= 4 is 11.6 Å². The number of aromatic nitrogens is 4. The van der Waals surface area contributed by atoms with Crippen molar-refractivity contribution in [1.29, 1.82) is 0 Å². The highest BCUT2D eigenvalue weighted by Crippen LogP contribution is 2.20. The van der Waals surface area contributed by atoms with E-state index in [9.17, 15) is 9.59 Å². The smallest absolute Gasteiger partial charge is 0.266 e. The lowest BCUT2D eigenvalue weighted by atomic mass is 9.96. The van der Waals surface area contributed by atoms with Crippen LogP contribution < -0.4 is 11.0 Å². The minimum absolute atomic E-state index is 0.0542. The number of aryl methyl sites for hydroxylation is 3. The number of rotatable bonds is 3. The van der Waals surface area contributed by atoms with Gasteiger partial charge in [0.25, 0.3) is 5.56 Å². The quantitative estimate of drug-likeness (QED) is 0.743. The van der Waals surface area contributed by atoms with Gasteiger partial charge in [-0.15, -0.1) is 0 Å². The van der Waals surface area contributed by atoms with Gasteiger partial charge in [-0.3, -0.25) is 24.2 Å². The number of H-pyrrole nitrogens is 1. The molecule has 1 N–H and O–H groups in total. The Morgan fingerprint density at radius 1 is 1.21 bits per heavy atom. The summed E-state index contributed by atoms with van der Waals surface area (Å²) in [5, 5.41) is 2.74. The van der Waals surface area contributed by atoms with E-state index < -0.39 is 0 Å². The van der Waals surface area contributed by atoms with Gasteiger partial charge in [0.15, 0.2) is 5.65 Å². The standard InChI is InChI=1S/C22H27N5O2/c1-14-9-10-26(19(11-14)24-17-7-5-4-6-8-17)22(29)12-18-15(2)23-20-13-21(28)25-27(20)16(18)3/h9-11,13,17H,4-8,12H2,1-3H3,(H,25,28). The van der Waals surface area contributed by atoms with Crippen molar-refractivity contribution in [1.82, 2.24) is 19.2 Å². The lowest BCUT2D eigenvalue weighted by Crippen LogP contribution is -2.31. The van der Waals surface area contributed by atoms with Gasteiger partial charge in [-0.1, -0.05) is 19.3 Å². The summed E-state index contributed by atoms with van der Waals surface area (Å²) < 4.78 is 3.30. The van der Waals surface area contributed by atoms with Crippen LogP contribution >= 0.6 is 0 Å². The zero-order valence-electron chi connectivity index (χ0n) is 17.2. The van der Waals surface area contributed by atoms with Gasteiger partial charge in [0.05, 0.1) is 12.5 Å². The number of hydrogen-bond donors (Lipinski definition) is 1. The van der Waals surface area contributed by atoms with E-state index in [1.165, 1.54) is 25.3 Å². The largest absolute Gasteiger partial charge is 0.274 e. The molecule has 4 rings (SSSR count). The molecule has 0 bridgehead atoms. The van der Waals surface area contributed by atoms with Crippen LogP contribution in [0.5, 0.6) is 0 Å². The van der Waals surface area contributed by atoms with Crippen LogP contribution in [0.4, 0.5) is 0 Å². The van der Waals surface area contributed by atoms with Crippen LogP contribution in [-0.2, 0) is 6.42 Å². The average molecular weight is 393 g/mol. The van der Waals surface area contributed by atoms with Crippen molar-refractivity contribution in [3.05, 3.63) is 62.8 Å². The second-order valence-corrected chi connectivity index (χ2v) is 8.00. The van der Waals surface area contributed by atoms with Crippen LogP contribution in [0.2, 0.25) is 0 Å². The molecule has 0 atom stereocenters. The number of nitrogens with zero attached hydrogens (tertiary/aromatic N) is 4. The molecule has 0 unspecified atom stereocenters. The molecule has 1 aliphatic carbocycles. The van der Waals surface area contributed by atoms with Crippen LogP contribution in [0.1, 0.15) is 59.4 Å². The fraction of sp³-hybridized carbons (Fsp3) is 0.455. The van der Waals surface area contributed by atoms with Gasteiger partial charge in [-0.25, -0.2) is 9.50 Å². The van der Waals surface area contributed by atoms with Gasteiger partial charge in [-0.05, 0) is 51.3 Å². The molecule has 0 radical (unpaired) electrons. The molecule has 7 heteroatoms. The van der Waals surface area contributed by atoms with E-state index >= 15 is 0 Å². The molecule has 0 spiro atoms. The molecular formula is C22H27N5O2. The number of aromatic amines is 1. The third kappa shape index (κ3) is 3.95. The molecule has 1 aliphatic rings. The zero-order valence-corrected chi connectivity index (χ0v) is 17.2. The maximum Gasteiger partial charge on any atom is 0.266 e. The molecule has 152 valence electrons. The fourth-order valence-electron chi connectivity index (χ4n) is 4.15. The van der Waals surface area contributed by atoms with Crippen LogP contribution in [-0.4, -0.2) is 31.1 Å². The third-order valence-electron chi connectivity index (χ3n) is 5.78. The lowest BCUT2D eigenvalue weighted by molar-refractivity contribution is 0.0907. The zero-order chi connectivity index (χ0) is 20.5. The van der Waals surface area contributed by atoms with Crippen LogP contribution in [0.3, 0.4) is 0 Å². The summed E-state index contributed by atoms with van der Waals surface area (Å²) in [5.41, 5.74) is 4.58. The number of nitrogens with one attached hydrogen (secondary N) is 1.